The van der Waals surface area contributed by atoms with Crippen LogP contribution in [0, 0.1) is 0 Å². The first-order valence-corrected chi connectivity index (χ1v) is 10.1. The lowest BCUT2D eigenvalue weighted by Gasteiger charge is -2.28. The minimum absolute atomic E-state index is 0.371. The summed E-state index contributed by atoms with van der Waals surface area (Å²) in [6.07, 6.45) is 2.58. The van der Waals surface area contributed by atoms with Gasteiger partial charge in [0.25, 0.3) is 0 Å². The average Bonchev–Trinajstić information content (AvgIpc) is 3.41. The van der Waals surface area contributed by atoms with Crippen LogP contribution in [0.15, 0.2) is 65.7 Å². The summed E-state index contributed by atoms with van der Waals surface area (Å²) >= 11 is 0. The topological polar surface area (TPSA) is 55.5 Å². The molecule has 0 amide bonds. The first kappa shape index (κ1) is 18.6. The van der Waals surface area contributed by atoms with Gasteiger partial charge in [-0.2, -0.15) is 0 Å². The fourth-order valence-electron chi connectivity index (χ4n) is 4.01. The van der Waals surface area contributed by atoms with Gasteiger partial charge in [0.1, 0.15) is 0 Å². The minimum atomic E-state index is 0.371. The number of H-pyrrole nitrogens is 1. The lowest BCUT2D eigenvalue weighted by Crippen LogP contribution is -2.42. The van der Waals surface area contributed by atoms with Gasteiger partial charge in [-0.05, 0) is 49.0 Å². The van der Waals surface area contributed by atoms with E-state index in [4.69, 9.17) is 0 Å². The van der Waals surface area contributed by atoms with Crippen molar-refractivity contribution in [2.45, 2.75) is 25.4 Å². The van der Waals surface area contributed by atoms with Crippen molar-refractivity contribution in [1.82, 2.24) is 20.5 Å². The Kier molecular flexibility index (Phi) is 5.92. The Hall–Kier alpha value is -2.79. The normalized spacial score (nSPS) is 16.4. The minimum Gasteiger partial charge on any atom is -0.357 e. The van der Waals surface area contributed by atoms with Crippen molar-refractivity contribution < 1.29 is 0 Å². The van der Waals surface area contributed by atoms with Gasteiger partial charge in [0.05, 0.1) is 12.6 Å². The Morgan fingerprint density at radius 1 is 1.04 bits per heavy atom. The van der Waals surface area contributed by atoms with Crippen LogP contribution < -0.4 is 10.6 Å². The molecule has 0 aliphatic carbocycles. The van der Waals surface area contributed by atoms with Crippen LogP contribution in [0.2, 0.25) is 0 Å². The fourth-order valence-corrected chi connectivity index (χ4v) is 4.01. The molecule has 0 spiro atoms. The van der Waals surface area contributed by atoms with E-state index in [1.165, 1.54) is 42.4 Å². The third-order valence-electron chi connectivity index (χ3n) is 5.48. The molecule has 4 rings (SSSR count). The number of hydrogen-bond acceptors (Lipinski definition) is 2. The van der Waals surface area contributed by atoms with Crippen molar-refractivity contribution in [3.8, 4) is 0 Å². The number of nitrogens with one attached hydrogen (secondary N) is 3. The highest BCUT2D eigenvalue weighted by Gasteiger charge is 2.23. The summed E-state index contributed by atoms with van der Waals surface area (Å²) in [5, 5.41) is 8.20. The maximum absolute atomic E-state index is 4.41. The van der Waals surface area contributed by atoms with Gasteiger partial charge < -0.3 is 15.6 Å². The van der Waals surface area contributed by atoms with E-state index in [2.05, 4.69) is 86.2 Å². The van der Waals surface area contributed by atoms with Crippen molar-refractivity contribution in [3.63, 3.8) is 0 Å². The molecule has 3 N–H and O–H groups in total. The van der Waals surface area contributed by atoms with Crippen molar-refractivity contribution in [2.75, 3.05) is 26.7 Å². The number of hydrogen-bond donors (Lipinski definition) is 3. The van der Waals surface area contributed by atoms with E-state index in [9.17, 15) is 0 Å². The number of fused-ring (bicyclic) bond motifs is 1. The third kappa shape index (κ3) is 4.37. The highest BCUT2D eigenvalue weighted by molar-refractivity contribution is 5.81. The number of guanidine groups is 1. The molecule has 146 valence electrons. The summed E-state index contributed by atoms with van der Waals surface area (Å²) in [6, 6.07) is 21.7. The number of para-hydroxylation sites is 1. The molecule has 28 heavy (non-hydrogen) atoms. The molecule has 3 aromatic rings. The van der Waals surface area contributed by atoms with E-state index in [0.29, 0.717) is 12.6 Å². The lowest BCUT2D eigenvalue weighted by atomic mass is 10.1. The van der Waals surface area contributed by atoms with Gasteiger partial charge >= 0.3 is 0 Å². The van der Waals surface area contributed by atoms with E-state index < -0.39 is 0 Å². The highest BCUT2D eigenvalue weighted by atomic mass is 15.2. The zero-order chi connectivity index (χ0) is 19.2. The Morgan fingerprint density at radius 2 is 1.79 bits per heavy atom. The molecule has 1 unspecified atom stereocenters. The number of nitrogens with zero attached hydrogens (tertiary/aromatic N) is 2. The summed E-state index contributed by atoms with van der Waals surface area (Å²) < 4.78 is 0. The number of aromatic nitrogens is 1. The van der Waals surface area contributed by atoms with Crippen LogP contribution in [0.3, 0.4) is 0 Å². The maximum atomic E-state index is 4.41. The van der Waals surface area contributed by atoms with Crippen molar-refractivity contribution in [2.24, 2.45) is 4.99 Å². The van der Waals surface area contributed by atoms with Gasteiger partial charge in [-0.1, -0.05) is 48.5 Å². The molecule has 1 aromatic heterocycles. The fraction of sp³-hybridized carbons (Fsp3) is 0.348. The molecule has 1 aliphatic rings. The van der Waals surface area contributed by atoms with Crippen molar-refractivity contribution in [1.29, 1.82) is 0 Å². The van der Waals surface area contributed by atoms with Crippen LogP contribution in [0.1, 0.15) is 30.1 Å². The number of aromatic amines is 1. The van der Waals surface area contributed by atoms with Crippen LogP contribution >= 0.6 is 0 Å². The van der Waals surface area contributed by atoms with E-state index >= 15 is 0 Å². The van der Waals surface area contributed by atoms with Crippen LogP contribution in [0.4, 0.5) is 0 Å². The second-order valence-corrected chi connectivity index (χ2v) is 7.36. The Bertz CT molecular complexity index is 876. The van der Waals surface area contributed by atoms with Gasteiger partial charge in [0.15, 0.2) is 5.96 Å². The molecule has 1 saturated heterocycles. The monoisotopic (exact) mass is 375 g/mol. The molecule has 2 heterocycles. The Morgan fingerprint density at radius 3 is 2.54 bits per heavy atom. The van der Waals surface area contributed by atoms with E-state index in [0.717, 1.165) is 18.2 Å². The van der Waals surface area contributed by atoms with Gasteiger partial charge in [-0.3, -0.25) is 9.89 Å². The van der Waals surface area contributed by atoms with Gasteiger partial charge in [0.2, 0.25) is 0 Å². The molecular formula is C23H29N5. The average molecular weight is 376 g/mol. The summed E-state index contributed by atoms with van der Waals surface area (Å²) in [4.78, 5) is 10.4. The molecule has 0 bridgehead atoms. The number of likely N-dealkylation sites (tertiary alicyclic amines) is 1. The molecule has 5 heteroatoms. The molecule has 0 radical (unpaired) electrons. The van der Waals surface area contributed by atoms with Crippen LogP contribution in [-0.2, 0) is 6.54 Å². The number of benzene rings is 2. The Balaban J connectivity index is 1.38. The first-order chi connectivity index (χ1) is 13.8. The summed E-state index contributed by atoms with van der Waals surface area (Å²) in [7, 11) is 1.83. The molecule has 5 nitrogen and oxygen atoms in total. The van der Waals surface area contributed by atoms with Gasteiger partial charge in [-0.15, -0.1) is 0 Å². The largest absolute Gasteiger partial charge is 0.357 e. The predicted octanol–water partition coefficient (Wildman–Crippen LogP) is 3.67. The second kappa shape index (κ2) is 8.93. The molecule has 1 fully saturated rings. The highest BCUT2D eigenvalue weighted by Crippen LogP contribution is 2.24. The zero-order valence-corrected chi connectivity index (χ0v) is 16.5. The molecule has 2 aromatic carbocycles. The van der Waals surface area contributed by atoms with Crippen LogP contribution in [0.5, 0.6) is 0 Å². The van der Waals surface area contributed by atoms with Gasteiger partial charge in [0, 0.05) is 24.8 Å². The SMILES string of the molecule is CN=C(NCc1cc2ccccc2[nH]1)NCC(c1ccccc1)N1CCCC1. The van der Waals surface area contributed by atoms with Crippen LogP contribution in [0.25, 0.3) is 10.9 Å². The standard InChI is InChI=1S/C23H29N5/c1-24-23(25-16-20-15-19-11-5-6-12-21(19)27-20)26-17-22(28-13-7-8-14-28)18-9-3-2-4-10-18/h2-6,9-12,15,22,27H,7-8,13-14,16-17H2,1H3,(H2,24,25,26). The summed E-state index contributed by atoms with van der Waals surface area (Å²) in [5.74, 6) is 0.832. The molecule has 1 atom stereocenters. The zero-order valence-electron chi connectivity index (χ0n) is 16.5. The number of rotatable bonds is 6. The summed E-state index contributed by atoms with van der Waals surface area (Å²) in [6.45, 7) is 3.90. The van der Waals surface area contributed by atoms with Crippen molar-refractivity contribution >= 4 is 16.9 Å². The molecular weight excluding hydrogens is 346 g/mol. The van der Waals surface area contributed by atoms with Gasteiger partial charge in [-0.25, -0.2) is 0 Å². The molecule has 1 aliphatic heterocycles. The predicted molar refractivity (Wildman–Crippen MR) is 116 cm³/mol. The smallest absolute Gasteiger partial charge is 0.191 e. The van der Waals surface area contributed by atoms with E-state index in [1.54, 1.807) is 0 Å². The quantitative estimate of drug-likeness (QED) is 0.455. The van der Waals surface area contributed by atoms with E-state index in [1.807, 2.05) is 7.05 Å². The first-order valence-electron chi connectivity index (χ1n) is 10.1. The lowest BCUT2D eigenvalue weighted by molar-refractivity contribution is 0.245. The van der Waals surface area contributed by atoms with E-state index in [-0.39, 0.29) is 0 Å². The molecule has 0 saturated carbocycles. The third-order valence-corrected chi connectivity index (χ3v) is 5.48. The number of aliphatic imine (C=N–C) groups is 1. The van der Waals surface area contributed by atoms with Crippen molar-refractivity contribution in [3.05, 3.63) is 71.9 Å². The second-order valence-electron chi connectivity index (χ2n) is 7.36. The summed E-state index contributed by atoms with van der Waals surface area (Å²) in [5.41, 5.74) is 3.69. The maximum Gasteiger partial charge on any atom is 0.191 e. The van der Waals surface area contributed by atoms with Crippen LogP contribution in [-0.4, -0.2) is 42.5 Å². The Labute approximate surface area is 166 Å².